The monoisotopic (exact) mass is 341 g/mol. The Morgan fingerprint density at radius 1 is 1.33 bits per heavy atom. The summed E-state index contributed by atoms with van der Waals surface area (Å²) in [7, 11) is 0. The molecule has 1 aliphatic carbocycles. The van der Waals surface area contributed by atoms with E-state index in [1.165, 1.54) is 16.8 Å². The van der Waals surface area contributed by atoms with Crippen molar-refractivity contribution in [1.82, 2.24) is 25.3 Å². The molecule has 6 heteroatoms. The summed E-state index contributed by atoms with van der Waals surface area (Å²) in [6.07, 6.45) is 7.30. The van der Waals surface area contributed by atoms with Crippen molar-refractivity contribution in [2.45, 2.75) is 38.8 Å². The number of nitrogens with zero attached hydrogens (tertiary/aromatic N) is 3. The summed E-state index contributed by atoms with van der Waals surface area (Å²) in [4.78, 5) is 0. The van der Waals surface area contributed by atoms with Gasteiger partial charge in [-0.1, -0.05) is 11.6 Å². The lowest BCUT2D eigenvalue weighted by atomic mass is 9.93. The Hall–Kier alpha value is -2.11. The summed E-state index contributed by atoms with van der Waals surface area (Å²) in [6.45, 7) is 2.88. The summed E-state index contributed by atoms with van der Waals surface area (Å²) >= 11 is 5.95. The van der Waals surface area contributed by atoms with Gasteiger partial charge in [0, 0.05) is 41.5 Å². The van der Waals surface area contributed by atoms with E-state index in [1.807, 2.05) is 35.1 Å². The summed E-state index contributed by atoms with van der Waals surface area (Å²) in [5.41, 5.74) is 5.93. The molecule has 5 nitrogen and oxygen atoms in total. The number of aryl methyl sites for hydroxylation is 2. The third kappa shape index (κ3) is 3.09. The largest absolute Gasteiger partial charge is 0.309 e. The number of fused-ring (bicyclic) bond motifs is 1. The number of aromatic nitrogens is 4. The summed E-state index contributed by atoms with van der Waals surface area (Å²) in [6, 6.07) is 8.21. The van der Waals surface area contributed by atoms with Gasteiger partial charge in [0.15, 0.2) is 0 Å². The molecule has 1 aliphatic rings. The van der Waals surface area contributed by atoms with Crippen LogP contribution in [-0.2, 0) is 19.4 Å². The Morgan fingerprint density at radius 2 is 2.17 bits per heavy atom. The molecule has 24 heavy (non-hydrogen) atoms. The first-order chi connectivity index (χ1) is 11.7. The number of halogens is 1. The quantitative estimate of drug-likeness (QED) is 0.766. The van der Waals surface area contributed by atoms with Crippen LogP contribution >= 0.6 is 11.6 Å². The molecule has 0 spiro atoms. The van der Waals surface area contributed by atoms with Crippen LogP contribution in [-0.4, -0.2) is 26.0 Å². The van der Waals surface area contributed by atoms with Crippen molar-refractivity contribution in [2.24, 2.45) is 0 Å². The molecule has 0 amide bonds. The van der Waals surface area contributed by atoms with Gasteiger partial charge in [-0.2, -0.15) is 10.2 Å². The first-order valence-electron chi connectivity index (χ1n) is 8.24. The molecule has 4 rings (SSSR count). The average Bonchev–Trinajstić information content (AvgIpc) is 3.19. The van der Waals surface area contributed by atoms with Gasteiger partial charge in [-0.25, -0.2) is 4.68 Å². The van der Waals surface area contributed by atoms with Crippen molar-refractivity contribution < 1.29 is 0 Å². The van der Waals surface area contributed by atoms with Gasteiger partial charge < -0.3 is 5.32 Å². The van der Waals surface area contributed by atoms with E-state index < -0.39 is 0 Å². The van der Waals surface area contributed by atoms with Crippen molar-refractivity contribution in [2.75, 3.05) is 0 Å². The lowest BCUT2D eigenvalue weighted by Gasteiger charge is -2.22. The van der Waals surface area contributed by atoms with Crippen LogP contribution in [0.4, 0.5) is 0 Å². The van der Waals surface area contributed by atoms with Crippen molar-refractivity contribution in [1.29, 1.82) is 0 Å². The molecule has 0 radical (unpaired) electrons. The van der Waals surface area contributed by atoms with Crippen LogP contribution in [0.25, 0.3) is 5.69 Å². The fourth-order valence-corrected chi connectivity index (χ4v) is 3.36. The third-order valence-electron chi connectivity index (χ3n) is 4.69. The van der Waals surface area contributed by atoms with Crippen molar-refractivity contribution >= 4 is 11.6 Å². The maximum absolute atomic E-state index is 5.95. The zero-order valence-corrected chi connectivity index (χ0v) is 14.3. The highest BCUT2D eigenvalue weighted by atomic mass is 35.5. The average molecular weight is 342 g/mol. The summed E-state index contributed by atoms with van der Waals surface area (Å²) in [5, 5.41) is 16.3. The molecule has 3 aromatic rings. The molecule has 0 aliphatic heterocycles. The maximum Gasteiger partial charge on any atom is 0.0646 e. The highest BCUT2D eigenvalue weighted by molar-refractivity contribution is 6.30. The van der Waals surface area contributed by atoms with Crippen molar-refractivity contribution in [3.8, 4) is 5.69 Å². The molecule has 0 saturated carbocycles. The number of nitrogens with one attached hydrogen (secondary N) is 2. The molecule has 2 heterocycles. The minimum absolute atomic E-state index is 0.483. The predicted molar refractivity (Wildman–Crippen MR) is 94.6 cm³/mol. The second-order valence-electron chi connectivity index (χ2n) is 6.36. The second kappa shape index (κ2) is 6.42. The molecule has 2 N–H and O–H groups in total. The number of aromatic amines is 1. The Balaban J connectivity index is 1.43. The van der Waals surface area contributed by atoms with Gasteiger partial charge in [-0.05, 0) is 49.6 Å². The topological polar surface area (TPSA) is 58.5 Å². The van der Waals surface area contributed by atoms with Gasteiger partial charge >= 0.3 is 0 Å². The number of benzene rings is 1. The van der Waals surface area contributed by atoms with Crippen LogP contribution in [0.1, 0.15) is 28.9 Å². The van der Waals surface area contributed by atoms with E-state index in [9.17, 15) is 0 Å². The van der Waals surface area contributed by atoms with E-state index in [2.05, 4.69) is 33.7 Å². The fraction of sp³-hybridized carbons (Fsp3) is 0.333. The standard InChI is InChI=1S/C18H20ClN5/c1-12-14(11-24(23-12)17-6-3-15(19)4-7-17)9-20-16-5-2-13-10-21-22-18(13)8-16/h3-4,6-7,10-11,16,20H,2,5,8-9H2,1H3,(H,21,22). The maximum atomic E-state index is 5.95. The Morgan fingerprint density at radius 3 is 3.00 bits per heavy atom. The summed E-state index contributed by atoms with van der Waals surface area (Å²) in [5.74, 6) is 0. The number of hydrogen-bond acceptors (Lipinski definition) is 3. The van der Waals surface area contributed by atoms with Crippen LogP contribution in [0, 0.1) is 6.92 Å². The Kier molecular flexibility index (Phi) is 4.12. The van der Waals surface area contributed by atoms with E-state index in [0.29, 0.717) is 6.04 Å². The van der Waals surface area contributed by atoms with Crippen molar-refractivity contribution in [3.05, 3.63) is 64.2 Å². The lowest BCUT2D eigenvalue weighted by molar-refractivity contribution is 0.453. The SMILES string of the molecule is Cc1nn(-c2ccc(Cl)cc2)cc1CNC1CCc2cn[nH]c2C1. The van der Waals surface area contributed by atoms with Gasteiger partial charge in [0.1, 0.15) is 0 Å². The smallest absolute Gasteiger partial charge is 0.0646 e. The van der Waals surface area contributed by atoms with Gasteiger partial charge in [0.25, 0.3) is 0 Å². The molecule has 2 aromatic heterocycles. The molecule has 1 unspecified atom stereocenters. The number of rotatable bonds is 4. The molecule has 0 bridgehead atoms. The number of hydrogen-bond donors (Lipinski definition) is 2. The van der Waals surface area contributed by atoms with Crippen LogP contribution in [0.2, 0.25) is 5.02 Å². The number of H-pyrrole nitrogens is 1. The van der Waals surface area contributed by atoms with Gasteiger partial charge in [-0.3, -0.25) is 5.10 Å². The predicted octanol–water partition coefficient (Wildman–Crippen LogP) is 3.20. The first kappa shape index (κ1) is 15.4. The molecule has 1 aromatic carbocycles. The highest BCUT2D eigenvalue weighted by Gasteiger charge is 2.20. The molecule has 124 valence electrons. The van der Waals surface area contributed by atoms with E-state index in [1.54, 1.807) is 0 Å². The van der Waals surface area contributed by atoms with Crippen LogP contribution < -0.4 is 5.32 Å². The Labute approximate surface area is 146 Å². The molecule has 0 fully saturated rings. The Bertz CT molecular complexity index is 833. The second-order valence-corrected chi connectivity index (χ2v) is 6.79. The van der Waals surface area contributed by atoms with Crippen LogP contribution in [0.15, 0.2) is 36.7 Å². The third-order valence-corrected chi connectivity index (χ3v) is 4.95. The minimum Gasteiger partial charge on any atom is -0.309 e. The lowest BCUT2D eigenvalue weighted by Crippen LogP contribution is -2.34. The molecular weight excluding hydrogens is 322 g/mol. The molecule has 1 atom stereocenters. The minimum atomic E-state index is 0.483. The van der Waals surface area contributed by atoms with E-state index in [0.717, 1.165) is 42.2 Å². The molecule has 0 saturated heterocycles. The first-order valence-corrected chi connectivity index (χ1v) is 8.62. The normalized spacial score (nSPS) is 17.0. The van der Waals surface area contributed by atoms with Crippen molar-refractivity contribution in [3.63, 3.8) is 0 Å². The van der Waals surface area contributed by atoms with E-state index in [4.69, 9.17) is 11.6 Å². The van der Waals surface area contributed by atoms with Gasteiger partial charge in [-0.15, -0.1) is 0 Å². The van der Waals surface area contributed by atoms with Gasteiger partial charge in [0.05, 0.1) is 17.6 Å². The van der Waals surface area contributed by atoms with E-state index >= 15 is 0 Å². The van der Waals surface area contributed by atoms with Crippen LogP contribution in [0.5, 0.6) is 0 Å². The molecular formula is C18H20ClN5. The zero-order chi connectivity index (χ0) is 16.5. The summed E-state index contributed by atoms with van der Waals surface area (Å²) < 4.78 is 1.91. The highest BCUT2D eigenvalue weighted by Crippen LogP contribution is 2.20. The van der Waals surface area contributed by atoms with E-state index in [-0.39, 0.29) is 0 Å². The van der Waals surface area contributed by atoms with Crippen LogP contribution in [0.3, 0.4) is 0 Å². The van der Waals surface area contributed by atoms with Gasteiger partial charge in [0.2, 0.25) is 0 Å². The fourth-order valence-electron chi connectivity index (χ4n) is 3.23. The zero-order valence-electron chi connectivity index (χ0n) is 13.6.